The van der Waals surface area contributed by atoms with Gasteiger partial charge >= 0.3 is 5.97 Å². The van der Waals surface area contributed by atoms with Crippen molar-refractivity contribution in [2.75, 3.05) is 19.7 Å². The van der Waals surface area contributed by atoms with Gasteiger partial charge in [0.2, 0.25) is 10.0 Å². The van der Waals surface area contributed by atoms with Gasteiger partial charge in [0.05, 0.1) is 22.8 Å². The van der Waals surface area contributed by atoms with E-state index in [1.54, 1.807) is 6.92 Å². The van der Waals surface area contributed by atoms with Crippen LogP contribution in [0, 0.1) is 10.1 Å². The number of nitrogens with one attached hydrogen (secondary N) is 1. The number of piperazine rings is 1. The minimum absolute atomic E-state index is 0.0120. The Morgan fingerprint density at radius 2 is 2.00 bits per heavy atom. The van der Waals surface area contributed by atoms with Crippen LogP contribution in [0.2, 0.25) is 0 Å². The number of hydrogen-bond acceptors (Lipinski definition) is 7. The number of nitrogens with zero attached hydrogens (tertiary/aromatic N) is 2. The summed E-state index contributed by atoms with van der Waals surface area (Å²) < 4.78 is 31.8. The maximum absolute atomic E-state index is 12.8. The van der Waals surface area contributed by atoms with Crippen molar-refractivity contribution in [1.82, 2.24) is 9.62 Å². The van der Waals surface area contributed by atoms with Crippen LogP contribution >= 0.6 is 0 Å². The minimum atomic E-state index is -3.80. The van der Waals surface area contributed by atoms with E-state index in [4.69, 9.17) is 4.74 Å². The van der Waals surface area contributed by atoms with Crippen LogP contribution in [0.1, 0.15) is 20.3 Å². The van der Waals surface area contributed by atoms with Gasteiger partial charge in [0, 0.05) is 37.3 Å². The maximum Gasteiger partial charge on any atom is 0.307 e. The zero-order chi connectivity index (χ0) is 18.6. The smallest absolute Gasteiger partial charge is 0.307 e. The highest BCUT2D eigenvalue weighted by molar-refractivity contribution is 7.89. The molecule has 0 amide bonds. The summed E-state index contributed by atoms with van der Waals surface area (Å²) in [7, 11) is -3.80. The lowest BCUT2D eigenvalue weighted by atomic mass is 10.1. The van der Waals surface area contributed by atoms with Crippen LogP contribution in [-0.2, 0) is 19.6 Å². The molecule has 1 fully saturated rings. The molecule has 1 aromatic carbocycles. The second kappa shape index (κ2) is 7.89. The lowest BCUT2D eigenvalue weighted by Gasteiger charge is -2.36. The highest BCUT2D eigenvalue weighted by Gasteiger charge is 2.34. The largest absolute Gasteiger partial charge is 0.466 e. The Morgan fingerprint density at radius 3 is 2.56 bits per heavy atom. The highest BCUT2D eigenvalue weighted by atomic mass is 32.2. The number of nitro benzene ring substituents is 1. The number of non-ortho nitro benzene ring substituents is 1. The van der Waals surface area contributed by atoms with Crippen LogP contribution in [0.3, 0.4) is 0 Å². The van der Waals surface area contributed by atoms with E-state index in [1.165, 1.54) is 16.4 Å². The number of esters is 1. The number of ether oxygens (including phenoxy) is 1. The first-order chi connectivity index (χ1) is 11.7. The van der Waals surface area contributed by atoms with Crippen LogP contribution in [0.4, 0.5) is 5.69 Å². The van der Waals surface area contributed by atoms with Gasteiger partial charge in [0.25, 0.3) is 5.69 Å². The SMILES string of the molecule is CCOC(=O)C[C@H]1CN(S(=O)(=O)c2ccc([N+](=O)[O-])cc2)C[C@@H](C)N1. The number of hydrogen-bond donors (Lipinski definition) is 1. The molecule has 1 N–H and O–H groups in total. The number of rotatable bonds is 6. The summed E-state index contributed by atoms with van der Waals surface area (Å²) >= 11 is 0. The minimum Gasteiger partial charge on any atom is -0.466 e. The molecule has 1 aliphatic rings. The van der Waals surface area contributed by atoms with Crippen molar-refractivity contribution in [1.29, 1.82) is 0 Å². The van der Waals surface area contributed by atoms with Crippen molar-refractivity contribution in [3.63, 3.8) is 0 Å². The first-order valence-corrected chi connectivity index (χ1v) is 9.34. The number of carbonyl (C=O) groups is 1. The highest BCUT2D eigenvalue weighted by Crippen LogP contribution is 2.22. The molecule has 0 unspecified atom stereocenters. The van der Waals surface area contributed by atoms with Crippen molar-refractivity contribution in [3.8, 4) is 0 Å². The van der Waals surface area contributed by atoms with Crippen LogP contribution in [0.5, 0.6) is 0 Å². The molecule has 0 aliphatic carbocycles. The van der Waals surface area contributed by atoms with Crippen molar-refractivity contribution >= 4 is 21.7 Å². The third-order valence-corrected chi connectivity index (χ3v) is 5.67. The molecule has 1 heterocycles. The first-order valence-electron chi connectivity index (χ1n) is 7.90. The Morgan fingerprint density at radius 1 is 1.36 bits per heavy atom. The zero-order valence-electron chi connectivity index (χ0n) is 14.0. The van der Waals surface area contributed by atoms with Gasteiger partial charge in [-0.3, -0.25) is 14.9 Å². The second-order valence-corrected chi connectivity index (χ2v) is 7.78. The van der Waals surface area contributed by atoms with Crippen LogP contribution in [0.15, 0.2) is 29.2 Å². The van der Waals surface area contributed by atoms with E-state index in [9.17, 15) is 23.3 Å². The van der Waals surface area contributed by atoms with Crippen LogP contribution in [0.25, 0.3) is 0 Å². The van der Waals surface area contributed by atoms with Crippen LogP contribution < -0.4 is 5.32 Å². The monoisotopic (exact) mass is 371 g/mol. The summed E-state index contributed by atoms with van der Waals surface area (Å²) in [6.07, 6.45) is 0.0739. The predicted octanol–water partition coefficient (Wildman–Crippen LogP) is 0.899. The number of carbonyl (C=O) groups excluding carboxylic acids is 1. The summed E-state index contributed by atoms with van der Waals surface area (Å²) in [6, 6.07) is 4.28. The molecule has 1 saturated heterocycles. The molecule has 1 aliphatic heterocycles. The second-order valence-electron chi connectivity index (χ2n) is 5.85. The van der Waals surface area contributed by atoms with Gasteiger partial charge in [0.1, 0.15) is 0 Å². The molecule has 2 rings (SSSR count). The van der Waals surface area contributed by atoms with Crippen molar-refractivity contribution < 1.29 is 22.9 Å². The fourth-order valence-electron chi connectivity index (χ4n) is 2.76. The van der Waals surface area contributed by atoms with Crippen molar-refractivity contribution in [3.05, 3.63) is 34.4 Å². The van der Waals surface area contributed by atoms with Gasteiger partial charge in [-0.25, -0.2) is 8.42 Å². The Hall–Kier alpha value is -2.04. The van der Waals surface area contributed by atoms with Crippen LogP contribution in [-0.4, -0.2) is 55.4 Å². The maximum atomic E-state index is 12.8. The van der Waals surface area contributed by atoms with Gasteiger partial charge in [-0.1, -0.05) is 0 Å². The summed E-state index contributed by atoms with van der Waals surface area (Å²) in [5.74, 6) is -0.387. The number of benzene rings is 1. The van der Waals surface area contributed by atoms with Gasteiger partial charge < -0.3 is 10.1 Å². The summed E-state index contributed by atoms with van der Waals surface area (Å²) in [4.78, 5) is 21.8. The molecule has 0 spiro atoms. The van der Waals surface area contributed by atoms with Crippen molar-refractivity contribution in [2.45, 2.75) is 37.2 Å². The van der Waals surface area contributed by atoms with Crippen molar-refractivity contribution in [2.24, 2.45) is 0 Å². The lowest BCUT2D eigenvalue weighted by molar-refractivity contribution is -0.384. The van der Waals surface area contributed by atoms with E-state index >= 15 is 0 Å². The molecule has 10 heteroatoms. The molecule has 25 heavy (non-hydrogen) atoms. The van der Waals surface area contributed by atoms with Gasteiger partial charge in [0.15, 0.2) is 0 Å². The fourth-order valence-corrected chi connectivity index (χ4v) is 4.34. The van der Waals surface area contributed by atoms with E-state index in [2.05, 4.69) is 5.32 Å². The molecule has 0 saturated carbocycles. The van der Waals surface area contributed by atoms with Gasteiger partial charge in [-0.15, -0.1) is 0 Å². The topological polar surface area (TPSA) is 119 Å². The Bertz CT molecular complexity index is 734. The summed E-state index contributed by atoms with van der Waals surface area (Å²) in [6.45, 7) is 4.18. The molecule has 0 aromatic heterocycles. The molecule has 0 radical (unpaired) electrons. The third kappa shape index (κ3) is 4.74. The fraction of sp³-hybridized carbons (Fsp3) is 0.533. The quantitative estimate of drug-likeness (QED) is 0.448. The van der Waals surface area contributed by atoms with E-state index < -0.39 is 14.9 Å². The predicted molar refractivity (Wildman–Crippen MR) is 89.5 cm³/mol. The van der Waals surface area contributed by atoms with Gasteiger partial charge in [-0.2, -0.15) is 4.31 Å². The average molecular weight is 371 g/mol. The van der Waals surface area contributed by atoms with E-state index in [0.29, 0.717) is 0 Å². The Kier molecular flexibility index (Phi) is 6.09. The lowest BCUT2D eigenvalue weighted by Crippen LogP contribution is -2.57. The van der Waals surface area contributed by atoms with Gasteiger partial charge in [-0.05, 0) is 26.0 Å². The Balaban J connectivity index is 2.16. The average Bonchev–Trinajstić information content (AvgIpc) is 2.54. The first kappa shape index (κ1) is 19.3. The summed E-state index contributed by atoms with van der Waals surface area (Å²) in [5.41, 5.74) is -0.173. The van der Waals surface area contributed by atoms with E-state index in [0.717, 1.165) is 12.1 Å². The van der Waals surface area contributed by atoms with E-state index in [-0.39, 0.29) is 54.8 Å². The third-order valence-electron chi connectivity index (χ3n) is 3.83. The zero-order valence-corrected chi connectivity index (χ0v) is 14.9. The molecular weight excluding hydrogens is 350 g/mol. The molecule has 138 valence electrons. The number of sulfonamides is 1. The normalized spacial score (nSPS) is 21.7. The molecule has 2 atom stereocenters. The number of nitro groups is 1. The standard InChI is InChI=1S/C15H21N3O6S/c1-3-24-15(19)8-12-10-17(9-11(2)16-12)25(22,23)14-6-4-13(5-7-14)18(20)21/h4-7,11-12,16H,3,8-10H2,1-2H3/t11-,12+/m1/s1. The molecule has 1 aromatic rings. The van der Waals surface area contributed by atoms with E-state index in [1.807, 2.05) is 6.92 Å². The Labute approximate surface area is 146 Å². The molecular formula is C15H21N3O6S. The molecule has 0 bridgehead atoms. The molecule has 9 nitrogen and oxygen atoms in total. The summed E-state index contributed by atoms with van der Waals surface area (Å²) in [5, 5.41) is 13.9.